The van der Waals surface area contributed by atoms with Gasteiger partial charge in [-0.05, 0) is 41.0 Å². The van der Waals surface area contributed by atoms with E-state index < -0.39 is 12.1 Å². The maximum absolute atomic E-state index is 13.0. The van der Waals surface area contributed by atoms with E-state index >= 15 is 0 Å². The SMILES string of the molecule is COCCN(CC(=O)O)C(=O)[C@H]1CCC[C@H]1CNC(=O)OCC1c2ccccc2-c2ccccc21. The average Bonchev–Trinajstić information content (AvgIpc) is 3.46. The maximum Gasteiger partial charge on any atom is 0.407 e. The number of amides is 2. The summed E-state index contributed by atoms with van der Waals surface area (Å²) in [6.45, 7) is 0.693. The standard InChI is InChI=1S/C27H32N2O6/c1-34-14-13-29(16-25(30)31)26(32)19-12-6-7-18(19)15-28-27(33)35-17-24-22-10-4-2-8-20(22)21-9-3-5-11-23(21)24/h2-5,8-11,18-19,24H,6-7,12-17H2,1H3,(H,28,33)(H,30,31)/t18-,19-/m0/s1. The number of carbonyl (C=O) groups is 3. The van der Waals surface area contributed by atoms with Gasteiger partial charge < -0.3 is 24.8 Å². The summed E-state index contributed by atoms with van der Waals surface area (Å²) in [6.07, 6.45) is 1.83. The van der Waals surface area contributed by atoms with E-state index in [2.05, 4.69) is 29.6 Å². The Bertz CT molecular complexity index is 1030. The molecule has 0 radical (unpaired) electrons. The van der Waals surface area contributed by atoms with Crippen molar-refractivity contribution in [3.05, 3.63) is 59.7 Å². The van der Waals surface area contributed by atoms with Gasteiger partial charge in [0, 0.05) is 32.0 Å². The molecule has 2 amide bonds. The number of alkyl carbamates (subject to hydrolysis) is 1. The average molecular weight is 481 g/mol. The lowest BCUT2D eigenvalue weighted by atomic mass is 9.94. The number of nitrogens with zero attached hydrogens (tertiary/aromatic N) is 1. The predicted octanol–water partition coefficient (Wildman–Crippen LogP) is 3.50. The van der Waals surface area contributed by atoms with E-state index in [1.165, 1.54) is 23.1 Å². The van der Waals surface area contributed by atoms with Crippen molar-refractivity contribution in [2.45, 2.75) is 25.2 Å². The molecule has 35 heavy (non-hydrogen) atoms. The normalized spacial score (nSPS) is 18.5. The van der Waals surface area contributed by atoms with Gasteiger partial charge in [-0.1, -0.05) is 55.0 Å². The minimum absolute atomic E-state index is 0.0145. The van der Waals surface area contributed by atoms with Gasteiger partial charge in [-0.2, -0.15) is 0 Å². The largest absolute Gasteiger partial charge is 0.480 e. The van der Waals surface area contributed by atoms with E-state index in [1.807, 2.05) is 24.3 Å². The van der Waals surface area contributed by atoms with Crippen molar-refractivity contribution in [1.29, 1.82) is 0 Å². The third kappa shape index (κ3) is 5.65. The van der Waals surface area contributed by atoms with Gasteiger partial charge in [0.1, 0.15) is 13.2 Å². The number of carbonyl (C=O) groups excluding carboxylic acids is 2. The summed E-state index contributed by atoms with van der Waals surface area (Å²) >= 11 is 0. The first kappa shape index (κ1) is 24.7. The van der Waals surface area contributed by atoms with Crippen LogP contribution in [0.5, 0.6) is 0 Å². The smallest absolute Gasteiger partial charge is 0.407 e. The number of hydrogen-bond donors (Lipinski definition) is 2. The zero-order chi connectivity index (χ0) is 24.8. The van der Waals surface area contributed by atoms with Crippen LogP contribution in [-0.2, 0) is 19.1 Å². The second-order valence-corrected chi connectivity index (χ2v) is 9.15. The van der Waals surface area contributed by atoms with Crippen LogP contribution in [0, 0.1) is 11.8 Å². The van der Waals surface area contributed by atoms with Gasteiger partial charge in [0.15, 0.2) is 0 Å². The maximum atomic E-state index is 13.0. The third-order valence-electron chi connectivity index (χ3n) is 7.03. The van der Waals surface area contributed by atoms with Gasteiger partial charge in [0.05, 0.1) is 6.61 Å². The molecule has 8 nitrogen and oxygen atoms in total. The van der Waals surface area contributed by atoms with Crippen molar-refractivity contribution in [3.63, 3.8) is 0 Å². The predicted molar refractivity (Wildman–Crippen MR) is 130 cm³/mol. The quantitative estimate of drug-likeness (QED) is 0.539. The lowest BCUT2D eigenvalue weighted by molar-refractivity contribution is -0.147. The van der Waals surface area contributed by atoms with Crippen LogP contribution in [0.15, 0.2) is 48.5 Å². The zero-order valence-electron chi connectivity index (χ0n) is 19.9. The van der Waals surface area contributed by atoms with E-state index in [-0.39, 0.29) is 50.0 Å². The molecule has 186 valence electrons. The topological polar surface area (TPSA) is 105 Å². The van der Waals surface area contributed by atoms with Crippen LogP contribution in [0.1, 0.15) is 36.3 Å². The molecule has 8 heteroatoms. The first-order valence-corrected chi connectivity index (χ1v) is 12.1. The van der Waals surface area contributed by atoms with Gasteiger partial charge in [-0.15, -0.1) is 0 Å². The lowest BCUT2D eigenvalue weighted by Gasteiger charge is -2.27. The van der Waals surface area contributed by atoms with E-state index in [0.29, 0.717) is 13.0 Å². The Morgan fingerprint density at radius 2 is 1.69 bits per heavy atom. The number of hydrogen-bond acceptors (Lipinski definition) is 5. The Kier molecular flexibility index (Phi) is 8.02. The molecule has 0 heterocycles. The minimum Gasteiger partial charge on any atom is -0.480 e. The molecule has 1 saturated carbocycles. The molecule has 2 N–H and O–H groups in total. The molecule has 2 aliphatic rings. The molecule has 0 saturated heterocycles. The van der Waals surface area contributed by atoms with Crippen LogP contribution in [0.2, 0.25) is 0 Å². The Morgan fingerprint density at radius 3 is 2.31 bits per heavy atom. The second kappa shape index (κ2) is 11.4. The summed E-state index contributed by atoms with van der Waals surface area (Å²) in [5, 5.41) is 12.0. The van der Waals surface area contributed by atoms with Crippen molar-refractivity contribution in [2.75, 3.05) is 40.0 Å². The molecule has 2 aliphatic carbocycles. The van der Waals surface area contributed by atoms with Crippen LogP contribution in [0.25, 0.3) is 11.1 Å². The molecule has 0 aliphatic heterocycles. The number of rotatable bonds is 10. The fourth-order valence-corrected chi connectivity index (χ4v) is 5.34. The molecule has 2 atom stereocenters. The van der Waals surface area contributed by atoms with Crippen LogP contribution < -0.4 is 5.32 Å². The van der Waals surface area contributed by atoms with Crippen molar-refractivity contribution >= 4 is 18.0 Å². The molecule has 0 aromatic heterocycles. The summed E-state index contributed by atoms with van der Waals surface area (Å²) in [7, 11) is 1.51. The fourth-order valence-electron chi connectivity index (χ4n) is 5.34. The van der Waals surface area contributed by atoms with Crippen molar-refractivity contribution in [3.8, 4) is 11.1 Å². The summed E-state index contributed by atoms with van der Waals surface area (Å²) in [4.78, 5) is 38.1. The van der Waals surface area contributed by atoms with E-state index in [9.17, 15) is 19.5 Å². The number of nitrogens with one attached hydrogen (secondary N) is 1. The van der Waals surface area contributed by atoms with Crippen LogP contribution in [0.3, 0.4) is 0 Å². The summed E-state index contributed by atoms with van der Waals surface area (Å²) < 4.78 is 10.6. The molecule has 2 aromatic carbocycles. The Hall–Kier alpha value is -3.39. The van der Waals surface area contributed by atoms with Crippen LogP contribution in [-0.4, -0.2) is 67.9 Å². The van der Waals surface area contributed by atoms with Gasteiger partial charge in [-0.25, -0.2) is 4.79 Å². The minimum atomic E-state index is -1.05. The number of carboxylic acids is 1. The highest BCUT2D eigenvalue weighted by Gasteiger charge is 2.36. The molecule has 1 fully saturated rings. The Balaban J connectivity index is 1.32. The summed E-state index contributed by atoms with van der Waals surface area (Å²) in [6, 6.07) is 16.3. The molecular formula is C27H32N2O6. The molecule has 0 bridgehead atoms. The number of aliphatic carboxylic acids is 1. The number of ether oxygens (including phenoxy) is 2. The monoisotopic (exact) mass is 480 g/mol. The number of benzene rings is 2. The van der Waals surface area contributed by atoms with E-state index in [4.69, 9.17) is 9.47 Å². The van der Waals surface area contributed by atoms with Gasteiger partial charge >= 0.3 is 12.1 Å². The first-order valence-electron chi connectivity index (χ1n) is 12.1. The van der Waals surface area contributed by atoms with Crippen molar-refractivity contribution in [1.82, 2.24) is 10.2 Å². The summed E-state index contributed by atoms with van der Waals surface area (Å²) in [5.74, 6) is -1.64. The van der Waals surface area contributed by atoms with Crippen LogP contribution >= 0.6 is 0 Å². The fraction of sp³-hybridized carbons (Fsp3) is 0.444. The molecular weight excluding hydrogens is 448 g/mol. The number of methoxy groups -OCH3 is 1. The number of fused-ring (bicyclic) bond motifs is 3. The van der Waals surface area contributed by atoms with Gasteiger partial charge in [0.25, 0.3) is 0 Å². The van der Waals surface area contributed by atoms with Crippen LogP contribution in [0.4, 0.5) is 4.79 Å². The second-order valence-electron chi connectivity index (χ2n) is 9.15. The highest BCUT2D eigenvalue weighted by molar-refractivity contribution is 5.83. The Morgan fingerprint density at radius 1 is 1.03 bits per heavy atom. The molecule has 4 rings (SSSR count). The molecule has 0 unspecified atom stereocenters. The van der Waals surface area contributed by atoms with Gasteiger partial charge in [-0.3, -0.25) is 9.59 Å². The highest BCUT2D eigenvalue weighted by atomic mass is 16.5. The third-order valence-corrected chi connectivity index (χ3v) is 7.03. The van der Waals surface area contributed by atoms with E-state index in [1.54, 1.807) is 0 Å². The van der Waals surface area contributed by atoms with Gasteiger partial charge in [0.2, 0.25) is 5.91 Å². The molecule has 2 aromatic rings. The summed E-state index contributed by atoms with van der Waals surface area (Å²) in [5.41, 5.74) is 4.64. The Labute approximate surface area is 205 Å². The van der Waals surface area contributed by atoms with E-state index in [0.717, 1.165) is 24.0 Å². The lowest BCUT2D eigenvalue weighted by Crippen LogP contribution is -2.44. The highest BCUT2D eigenvalue weighted by Crippen LogP contribution is 2.44. The van der Waals surface area contributed by atoms with Crippen molar-refractivity contribution < 1.29 is 29.0 Å². The van der Waals surface area contributed by atoms with Crippen molar-refractivity contribution in [2.24, 2.45) is 11.8 Å². The first-order chi connectivity index (χ1) is 17.0. The number of carboxylic acid groups (broad SMARTS) is 1. The zero-order valence-corrected chi connectivity index (χ0v) is 19.9. The molecule has 0 spiro atoms.